The van der Waals surface area contributed by atoms with E-state index in [-0.39, 0.29) is 12.5 Å². The van der Waals surface area contributed by atoms with Gasteiger partial charge in [-0.3, -0.25) is 9.59 Å². The van der Waals surface area contributed by atoms with E-state index in [1.807, 2.05) is 17.8 Å². The summed E-state index contributed by atoms with van der Waals surface area (Å²) in [7, 11) is 0. The number of aliphatic carboxylic acids is 1. The zero-order valence-electron chi connectivity index (χ0n) is 11.1. The number of aryl methyl sites for hydroxylation is 1. The van der Waals surface area contributed by atoms with Gasteiger partial charge in [0.1, 0.15) is 6.54 Å². The van der Waals surface area contributed by atoms with Crippen LogP contribution in [0.25, 0.3) is 0 Å². The number of fused-ring (bicyclic) bond motifs is 1. The SMILES string of the molecule is O=C(O)CN(CC1CC1)C(=O)c1cc2c(s1)CCSC2. The quantitative estimate of drug-likeness (QED) is 0.907. The highest BCUT2D eigenvalue weighted by Crippen LogP contribution is 2.34. The monoisotopic (exact) mass is 311 g/mol. The second-order valence-electron chi connectivity index (χ2n) is 5.38. The maximum Gasteiger partial charge on any atom is 0.323 e. The first-order valence-corrected chi connectivity index (χ1v) is 8.81. The summed E-state index contributed by atoms with van der Waals surface area (Å²) >= 11 is 3.44. The number of carboxylic acids is 1. The van der Waals surface area contributed by atoms with Crippen molar-refractivity contribution in [3.05, 3.63) is 21.4 Å². The molecule has 1 N–H and O–H groups in total. The second-order valence-corrected chi connectivity index (χ2v) is 7.63. The zero-order chi connectivity index (χ0) is 14.1. The van der Waals surface area contributed by atoms with Crippen molar-refractivity contribution in [3.8, 4) is 0 Å². The van der Waals surface area contributed by atoms with Crippen molar-refractivity contribution in [2.24, 2.45) is 5.92 Å². The molecule has 1 aromatic heterocycles. The molecule has 0 unspecified atom stereocenters. The Morgan fingerprint density at radius 2 is 2.20 bits per heavy atom. The molecular weight excluding hydrogens is 294 g/mol. The van der Waals surface area contributed by atoms with Gasteiger partial charge < -0.3 is 10.0 Å². The summed E-state index contributed by atoms with van der Waals surface area (Å²) in [6.07, 6.45) is 3.25. The Morgan fingerprint density at radius 3 is 2.85 bits per heavy atom. The molecule has 2 heterocycles. The highest BCUT2D eigenvalue weighted by atomic mass is 32.2. The first kappa shape index (κ1) is 13.9. The molecule has 20 heavy (non-hydrogen) atoms. The van der Waals surface area contributed by atoms with Gasteiger partial charge in [0.15, 0.2) is 0 Å². The molecule has 1 fully saturated rings. The van der Waals surface area contributed by atoms with Gasteiger partial charge in [-0.2, -0.15) is 11.8 Å². The minimum Gasteiger partial charge on any atom is -0.480 e. The molecule has 1 aliphatic heterocycles. The molecule has 4 nitrogen and oxygen atoms in total. The summed E-state index contributed by atoms with van der Waals surface area (Å²) in [5.41, 5.74) is 1.26. The van der Waals surface area contributed by atoms with Crippen molar-refractivity contribution in [3.63, 3.8) is 0 Å². The van der Waals surface area contributed by atoms with Crippen molar-refractivity contribution in [1.29, 1.82) is 0 Å². The van der Waals surface area contributed by atoms with E-state index in [0.717, 1.165) is 30.8 Å². The van der Waals surface area contributed by atoms with E-state index in [1.165, 1.54) is 15.3 Å². The molecule has 0 aromatic carbocycles. The lowest BCUT2D eigenvalue weighted by molar-refractivity contribution is -0.137. The topological polar surface area (TPSA) is 57.6 Å². The van der Waals surface area contributed by atoms with E-state index in [9.17, 15) is 9.59 Å². The number of carbonyl (C=O) groups is 2. The summed E-state index contributed by atoms with van der Waals surface area (Å²) < 4.78 is 0. The average Bonchev–Trinajstić information content (AvgIpc) is 3.12. The third-order valence-electron chi connectivity index (χ3n) is 3.63. The molecule has 2 aliphatic rings. The van der Waals surface area contributed by atoms with Gasteiger partial charge in [-0.25, -0.2) is 0 Å². The number of carboxylic acid groups (broad SMARTS) is 1. The molecule has 0 radical (unpaired) electrons. The van der Waals surface area contributed by atoms with Crippen molar-refractivity contribution in [2.75, 3.05) is 18.8 Å². The molecule has 1 aliphatic carbocycles. The summed E-state index contributed by atoms with van der Waals surface area (Å²) in [6, 6.07) is 1.97. The molecule has 6 heteroatoms. The number of carbonyl (C=O) groups excluding carboxylic acids is 1. The van der Waals surface area contributed by atoms with Crippen LogP contribution in [-0.2, 0) is 17.0 Å². The van der Waals surface area contributed by atoms with Gasteiger partial charge in [-0.05, 0) is 42.6 Å². The Bertz CT molecular complexity index is 513. The molecule has 108 valence electrons. The molecule has 0 atom stereocenters. The van der Waals surface area contributed by atoms with Gasteiger partial charge in [-0.15, -0.1) is 11.3 Å². The summed E-state index contributed by atoms with van der Waals surface area (Å²) in [6.45, 7) is 0.398. The third-order valence-corrected chi connectivity index (χ3v) is 5.86. The van der Waals surface area contributed by atoms with Crippen LogP contribution in [-0.4, -0.2) is 40.7 Å². The number of thioether (sulfide) groups is 1. The number of hydrogen-bond acceptors (Lipinski definition) is 4. The fourth-order valence-electron chi connectivity index (χ4n) is 2.40. The first-order chi connectivity index (χ1) is 9.63. The van der Waals surface area contributed by atoms with Gasteiger partial charge in [0.2, 0.25) is 0 Å². The van der Waals surface area contributed by atoms with Crippen molar-refractivity contribution >= 4 is 35.0 Å². The average molecular weight is 311 g/mol. The van der Waals surface area contributed by atoms with Crippen LogP contribution in [0.5, 0.6) is 0 Å². The van der Waals surface area contributed by atoms with E-state index in [1.54, 1.807) is 11.3 Å². The maximum atomic E-state index is 12.5. The summed E-state index contributed by atoms with van der Waals surface area (Å²) in [5, 5.41) is 8.98. The number of amides is 1. The Morgan fingerprint density at radius 1 is 1.40 bits per heavy atom. The molecule has 1 aromatic rings. The third kappa shape index (κ3) is 3.17. The van der Waals surface area contributed by atoms with E-state index < -0.39 is 5.97 Å². The van der Waals surface area contributed by atoms with Crippen molar-refractivity contribution in [1.82, 2.24) is 4.90 Å². The van der Waals surface area contributed by atoms with Gasteiger partial charge in [-0.1, -0.05) is 0 Å². The molecule has 3 rings (SSSR count). The predicted octanol–water partition coefficient (Wildman–Crippen LogP) is 2.47. The maximum absolute atomic E-state index is 12.5. The standard InChI is InChI=1S/C14H17NO3S2/c16-13(17)7-15(6-9-1-2-9)14(18)12-5-10-8-19-4-3-11(10)20-12/h5,9H,1-4,6-8H2,(H,16,17). The zero-order valence-corrected chi connectivity index (χ0v) is 12.8. The molecule has 0 bridgehead atoms. The number of nitrogens with zero attached hydrogens (tertiary/aromatic N) is 1. The van der Waals surface area contributed by atoms with E-state index in [2.05, 4.69) is 0 Å². The Balaban J connectivity index is 1.76. The largest absolute Gasteiger partial charge is 0.480 e. The highest BCUT2D eigenvalue weighted by molar-refractivity contribution is 7.98. The lowest BCUT2D eigenvalue weighted by atomic mass is 10.2. The Hall–Kier alpha value is -1.01. The Kier molecular flexibility index (Phi) is 4.03. The smallest absolute Gasteiger partial charge is 0.323 e. The molecule has 1 saturated carbocycles. The van der Waals surface area contributed by atoms with Gasteiger partial charge in [0, 0.05) is 17.2 Å². The molecule has 1 amide bonds. The van der Waals surface area contributed by atoms with Gasteiger partial charge >= 0.3 is 5.97 Å². The van der Waals surface area contributed by atoms with Crippen LogP contribution in [0.2, 0.25) is 0 Å². The Labute approximate surface area is 126 Å². The van der Waals surface area contributed by atoms with Gasteiger partial charge in [0.25, 0.3) is 5.91 Å². The summed E-state index contributed by atoms with van der Waals surface area (Å²) in [5.74, 6) is 1.55. The fraction of sp³-hybridized carbons (Fsp3) is 0.571. The minimum absolute atomic E-state index is 0.108. The molecular formula is C14H17NO3S2. The van der Waals surface area contributed by atoms with Crippen LogP contribution >= 0.6 is 23.1 Å². The van der Waals surface area contributed by atoms with Crippen LogP contribution < -0.4 is 0 Å². The first-order valence-electron chi connectivity index (χ1n) is 6.84. The van der Waals surface area contributed by atoms with Crippen LogP contribution in [0.15, 0.2) is 6.07 Å². The number of hydrogen-bond donors (Lipinski definition) is 1. The van der Waals surface area contributed by atoms with E-state index in [0.29, 0.717) is 17.3 Å². The lowest BCUT2D eigenvalue weighted by Crippen LogP contribution is -2.36. The lowest BCUT2D eigenvalue weighted by Gasteiger charge is -2.19. The van der Waals surface area contributed by atoms with Crippen LogP contribution in [0, 0.1) is 5.92 Å². The molecule has 0 saturated heterocycles. The normalized spacial score (nSPS) is 17.6. The molecule has 0 spiro atoms. The fourth-order valence-corrected chi connectivity index (χ4v) is 4.74. The van der Waals surface area contributed by atoms with E-state index >= 15 is 0 Å². The van der Waals surface area contributed by atoms with Crippen molar-refractivity contribution < 1.29 is 14.7 Å². The highest BCUT2D eigenvalue weighted by Gasteiger charge is 2.29. The predicted molar refractivity (Wildman–Crippen MR) is 80.4 cm³/mol. The number of rotatable bonds is 5. The van der Waals surface area contributed by atoms with Crippen LogP contribution in [0.3, 0.4) is 0 Å². The van der Waals surface area contributed by atoms with Crippen LogP contribution in [0.4, 0.5) is 0 Å². The van der Waals surface area contributed by atoms with E-state index in [4.69, 9.17) is 5.11 Å². The summed E-state index contributed by atoms with van der Waals surface area (Å²) in [4.78, 5) is 27.0. The van der Waals surface area contributed by atoms with Crippen LogP contribution in [0.1, 0.15) is 33.0 Å². The number of thiophene rings is 1. The minimum atomic E-state index is -0.934. The second kappa shape index (κ2) is 5.77. The van der Waals surface area contributed by atoms with Gasteiger partial charge in [0.05, 0.1) is 4.88 Å². The van der Waals surface area contributed by atoms with Crippen molar-refractivity contribution in [2.45, 2.75) is 25.0 Å².